The molecule has 3 aromatic rings. The van der Waals surface area contributed by atoms with Crippen LogP contribution >= 0.6 is 0 Å². The maximum Gasteiger partial charge on any atom is 0.224 e. The third-order valence-electron chi connectivity index (χ3n) is 7.59. The van der Waals surface area contributed by atoms with E-state index >= 15 is 0 Å². The first kappa shape index (κ1) is 24.2. The van der Waals surface area contributed by atoms with E-state index in [0.29, 0.717) is 39.1 Å². The van der Waals surface area contributed by atoms with Crippen LogP contribution in [0.4, 0.5) is 0 Å². The van der Waals surface area contributed by atoms with E-state index in [4.69, 9.17) is 4.74 Å². The first-order chi connectivity index (χ1) is 17.6. The lowest BCUT2D eigenvalue weighted by molar-refractivity contribution is -0.134. The van der Waals surface area contributed by atoms with Crippen LogP contribution < -0.4 is 5.32 Å². The molecule has 1 aromatic carbocycles. The number of aromatic nitrogens is 3. The number of carbonyl (C=O) groups is 2. The number of benzene rings is 1. The first-order valence-corrected chi connectivity index (χ1v) is 12.7. The summed E-state index contributed by atoms with van der Waals surface area (Å²) in [6.07, 6.45) is 9.36. The largest absolute Gasteiger partial charge is 0.370 e. The van der Waals surface area contributed by atoms with E-state index in [1.165, 1.54) is 5.56 Å². The van der Waals surface area contributed by atoms with Gasteiger partial charge < -0.3 is 15.0 Å². The lowest BCUT2D eigenvalue weighted by atomic mass is 9.71. The predicted octanol–water partition coefficient (Wildman–Crippen LogP) is 3.39. The fourth-order valence-corrected chi connectivity index (χ4v) is 5.72. The number of pyridine rings is 1. The van der Waals surface area contributed by atoms with Crippen LogP contribution in [0.2, 0.25) is 0 Å². The van der Waals surface area contributed by atoms with Crippen LogP contribution in [0, 0.1) is 0 Å². The van der Waals surface area contributed by atoms with E-state index in [9.17, 15) is 9.59 Å². The van der Waals surface area contributed by atoms with E-state index < -0.39 is 0 Å². The minimum atomic E-state index is -0.275. The second kappa shape index (κ2) is 10.6. The summed E-state index contributed by atoms with van der Waals surface area (Å²) in [4.78, 5) is 31.7. The van der Waals surface area contributed by atoms with Crippen molar-refractivity contribution in [1.82, 2.24) is 25.0 Å². The molecule has 0 saturated carbocycles. The number of nitrogens with zero attached hydrogens (tertiary/aromatic N) is 4. The molecule has 2 aromatic heterocycles. The third-order valence-corrected chi connectivity index (χ3v) is 7.59. The SMILES string of the molecule is CCC(=O)N[C@H]1c2ccccc2C2(CCN(C(=O)CCn3cccn3)CC2)[C@@H]1OCc1cccnc1. The molecule has 1 saturated heterocycles. The molecule has 3 heterocycles. The van der Waals surface area contributed by atoms with Crippen LogP contribution in [0.15, 0.2) is 67.3 Å². The predicted molar refractivity (Wildman–Crippen MR) is 135 cm³/mol. The van der Waals surface area contributed by atoms with Crippen molar-refractivity contribution in [3.63, 3.8) is 0 Å². The van der Waals surface area contributed by atoms with Gasteiger partial charge in [-0.1, -0.05) is 37.3 Å². The first-order valence-electron chi connectivity index (χ1n) is 12.7. The second-order valence-electron chi connectivity index (χ2n) is 9.63. The molecule has 8 heteroatoms. The van der Waals surface area contributed by atoms with E-state index in [0.717, 1.165) is 24.0 Å². The summed E-state index contributed by atoms with van der Waals surface area (Å²) in [5.41, 5.74) is 3.07. The molecular weight excluding hydrogens is 454 g/mol. The Morgan fingerprint density at radius 1 is 1.11 bits per heavy atom. The van der Waals surface area contributed by atoms with E-state index in [1.807, 2.05) is 48.5 Å². The zero-order valence-corrected chi connectivity index (χ0v) is 20.7. The molecule has 36 heavy (non-hydrogen) atoms. The Morgan fingerprint density at radius 2 is 1.94 bits per heavy atom. The highest BCUT2D eigenvalue weighted by Gasteiger charge is 2.54. The van der Waals surface area contributed by atoms with Gasteiger partial charge in [0.05, 0.1) is 18.8 Å². The molecule has 2 aliphatic rings. The average molecular weight is 488 g/mol. The van der Waals surface area contributed by atoms with E-state index in [1.54, 1.807) is 17.1 Å². The quantitative estimate of drug-likeness (QED) is 0.526. The smallest absolute Gasteiger partial charge is 0.224 e. The number of amides is 2. The van der Waals surface area contributed by atoms with Gasteiger partial charge in [0.15, 0.2) is 0 Å². The number of piperidine rings is 1. The molecule has 1 spiro atoms. The van der Waals surface area contributed by atoms with Crippen molar-refractivity contribution in [2.45, 2.75) is 63.3 Å². The Balaban J connectivity index is 1.37. The van der Waals surface area contributed by atoms with Gasteiger partial charge in [0.1, 0.15) is 0 Å². The Hall–Kier alpha value is -3.52. The summed E-state index contributed by atoms with van der Waals surface area (Å²) in [7, 11) is 0. The van der Waals surface area contributed by atoms with Crippen molar-refractivity contribution in [2.24, 2.45) is 0 Å². The van der Waals surface area contributed by atoms with Gasteiger partial charge in [0.2, 0.25) is 11.8 Å². The molecule has 0 unspecified atom stereocenters. The minimum Gasteiger partial charge on any atom is -0.370 e. The van der Waals surface area contributed by atoms with Crippen molar-refractivity contribution < 1.29 is 14.3 Å². The summed E-state index contributed by atoms with van der Waals surface area (Å²) >= 11 is 0. The molecule has 2 amide bonds. The molecule has 1 aliphatic heterocycles. The summed E-state index contributed by atoms with van der Waals surface area (Å²) in [6.45, 7) is 4.18. The van der Waals surface area contributed by atoms with Crippen LogP contribution in [0.1, 0.15) is 55.3 Å². The average Bonchev–Trinajstić information content (AvgIpc) is 3.53. The Bertz CT molecular complexity index is 1170. The highest BCUT2D eigenvalue weighted by Crippen LogP contribution is 2.52. The van der Waals surface area contributed by atoms with Crippen molar-refractivity contribution in [3.05, 3.63) is 83.9 Å². The van der Waals surface area contributed by atoms with E-state index in [-0.39, 0.29) is 29.4 Å². The van der Waals surface area contributed by atoms with Crippen molar-refractivity contribution >= 4 is 11.8 Å². The van der Waals surface area contributed by atoms with Crippen LogP contribution in [0.3, 0.4) is 0 Å². The molecule has 2 atom stereocenters. The number of ether oxygens (including phenoxy) is 1. The lowest BCUT2D eigenvalue weighted by Gasteiger charge is -2.44. The van der Waals surface area contributed by atoms with Gasteiger partial charge >= 0.3 is 0 Å². The molecule has 0 bridgehead atoms. The van der Waals surface area contributed by atoms with Crippen molar-refractivity contribution in [1.29, 1.82) is 0 Å². The number of carbonyl (C=O) groups excluding carboxylic acids is 2. The lowest BCUT2D eigenvalue weighted by Crippen LogP contribution is -2.52. The van der Waals surface area contributed by atoms with Crippen molar-refractivity contribution in [3.8, 4) is 0 Å². The number of rotatable bonds is 8. The molecule has 1 fully saturated rings. The molecule has 1 aliphatic carbocycles. The topological polar surface area (TPSA) is 89.4 Å². The van der Waals surface area contributed by atoms with Gasteiger partial charge in [-0.05, 0) is 41.7 Å². The van der Waals surface area contributed by atoms with Gasteiger partial charge in [0, 0.05) is 62.7 Å². The maximum atomic E-state index is 13.0. The van der Waals surface area contributed by atoms with Gasteiger partial charge in [-0.2, -0.15) is 5.10 Å². The molecule has 0 radical (unpaired) electrons. The summed E-state index contributed by atoms with van der Waals surface area (Å²) in [6, 6.07) is 13.9. The Labute approximate surface area is 211 Å². The van der Waals surface area contributed by atoms with Crippen LogP contribution in [0.5, 0.6) is 0 Å². The second-order valence-corrected chi connectivity index (χ2v) is 9.63. The Kier molecular flexibility index (Phi) is 7.13. The van der Waals surface area contributed by atoms with Gasteiger partial charge in [-0.15, -0.1) is 0 Å². The van der Waals surface area contributed by atoms with Gasteiger partial charge in [-0.3, -0.25) is 19.3 Å². The van der Waals surface area contributed by atoms with Gasteiger partial charge in [0.25, 0.3) is 0 Å². The van der Waals surface area contributed by atoms with Crippen molar-refractivity contribution in [2.75, 3.05) is 13.1 Å². The number of nitrogens with one attached hydrogen (secondary N) is 1. The van der Waals surface area contributed by atoms with Crippen LogP contribution in [-0.4, -0.2) is 50.7 Å². The number of fused-ring (bicyclic) bond motifs is 2. The standard InChI is InChI=1S/C28H33N5O3/c1-2-24(34)31-26-22-8-3-4-9-23(22)28(27(26)36-20-21-7-5-13-29-19-21)11-17-32(18-12-28)25(35)10-16-33-15-6-14-30-33/h3-9,13-15,19,26-27H,2,10-12,16-18,20H2,1H3,(H,31,34)/t26-,27+/m0/s1. The van der Waals surface area contributed by atoms with Crippen LogP contribution in [-0.2, 0) is 32.9 Å². The summed E-state index contributed by atoms with van der Waals surface area (Å²) in [5.74, 6) is 0.156. The number of aryl methyl sites for hydroxylation is 1. The Morgan fingerprint density at radius 3 is 2.67 bits per heavy atom. The fourth-order valence-electron chi connectivity index (χ4n) is 5.72. The third kappa shape index (κ3) is 4.78. The summed E-state index contributed by atoms with van der Waals surface area (Å²) < 4.78 is 8.44. The fraction of sp³-hybridized carbons (Fsp3) is 0.429. The van der Waals surface area contributed by atoms with Gasteiger partial charge in [-0.25, -0.2) is 0 Å². The highest BCUT2D eigenvalue weighted by atomic mass is 16.5. The number of likely N-dealkylation sites (tertiary alicyclic amines) is 1. The van der Waals surface area contributed by atoms with E-state index in [2.05, 4.69) is 33.6 Å². The molecule has 8 nitrogen and oxygen atoms in total. The minimum absolute atomic E-state index is 0.00747. The number of hydrogen-bond acceptors (Lipinski definition) is 5. The molecular formula is C28H33N5O3. The summed E-state index contributed by atoms with van der Waals surface area (Å²) in [5, 5.41) is 7.44. The molecule has 5 rings (SSSR count). The number of hydrogen-bond donors (Lipinski definition) is 1. The normalized spacial score (nSPS) is 20.3. The zero-order valence-electron chi connectivity index (χ0n) is 20.7. The molecule has 188 valence electrons. The highest BCUT2D eigenvalue weighted by molar-refractivity contribution is 5.77. The monoisotopic (exact) mass is 487 g/mol. The van der Waals surface area contributed by atoms with Crippen LogP contribution in [0.25, 0.3) is 0 Å². The zero-order chi connectivity index (χ0) is 25.0. The maximum absolute atomic E-state index is 13.0. The molecule has 1 N–H and O–H groups in total.